The van der Waals surface area contributed by atoms with Crippen molar-refractivity contribution < 1.29 is 9.59 Å². The molecule has 5 heteroatoms. The van der Waals surface area contributed by atoms with E-state index in [1.807, 2.05) is 68.4 Å². The van der Waals surface area contributed by atoms with Crippen LogP contribution < -0.4 is 5.32 Å². The molecule has 1 fully saturated rings. The van der Waals surface area contributed by atoms with Gasteiger partial charge in [0.2, 0.25) is 11.8 Å². The van der Waals surface area contributed by atoms with E-state index in [2.05, 4.69) is 5.32 Å². The fraction of sp³-hybridized carbons (Fsp3) is 0.440. The van der Waals surface area contributed by atoms with Gasteiger partial charge in [0.1, 0.15) is 6.04 Å². The molecule has 4 nitrogen and oxygen atoms in total. The first-order valence-electron chi connectivity index (χ1n) is 10.9. The molecule has 160 valence electrons. The van der Waals surface area contributed by atoms with Crippen molar-refractivity contribution in [2.45, 2.75) is 69.5 Å². The van der Waals surface area contributed by atoms with Crippen LogP contribution in [-0.2, 0) is 16.1 Å². The lowest BCUT2D eigenvalue weighted by Crippen LogP contribution is -2.50. The van der Waals surface area contributed by atoms with Crippen LogP contribution in [0.5, 0.6) is 0 Å². The smallest absolute Gasteiger partial charge is 0.242 e. The minimum Gasteiger partial charge on any atom is -0.352 e. The fourth-order valence-electron chi connectivity index (χ4n) is 3.87. The zero-order valence-electron chi connectivity index (χ0n) is 18.0. The van der Waals surface area contributed by atoms with Gasteiger partial charge in [-0.2, -0.15) is 0 Å². The number of nitrogens with one attached hydrogen (secondary N) is 1. The van der Waals surface area contributed by atoms with E-state index in [4.69, 9.17) is 0 Å². The average molecular weight is 425 g/mol. The van der Waals surface area contributed by atoms with Gasteiger partial charge in [-0.1, -0.05) is 61.7 Å². The van der Waals surface area contributed by atoms with Crippen LogP contribution in [0.15, 0.2) is 59.5 Å². The van der Waals surface area contributed by atoms with Crippen molar-refractivity contribution >= 4 is 23.6 Å². The zero-order chi connectivity index (χ0) is 21.3. The molecule has 0 spiro atoms. The van der Waals surface area contributed by atoms with Crippen molar-refractivity contribution in [1.29, 1.82) is 0 Å². The summed E-state index contributed by atoms with van der Waals surface area (Å²) in [6.45, 7) is 4.34. The minimum absolute atomic E-state index is 0.0154. The van der Waals surface area contributed by atoms with E-state index in [1.165, 1.54) is 31.0 Å². The highest BCUT2D eigenvalue weighted by atomic mass is 32.2. The maximum absolute atomic E-state index is 13.2. The minimum atomic E-state index is -0.504. The Balaban J connectivity index is 1.71. The molecule has 2 amide bonds. The number of thioether (sulfide) groups is 1. The first-order valence-corrected chi connectivity index (χ1v) is 11.9. The van der Waals surface area contributed by atoms with E-state index < -0.39 is 6.04 Å². The number of benzene rings is 2. The first kappa shape index (κ1) is 22.4. The number of hydrogen-bond acceptors (Lipinski definition) is 3. The Kier molecular flexibility index (Phi) is 8.38. The molecule has 0 bridgehead atoms. The second-order valence-corrected chi connectivity index (χ2v) is 9.12. The lowest BCUT2D eigenvalue weighted by molar-refractivity contribution is -0.139. The third kappa shape index (κ3) is 6.36. The van der Waals surface area contributed by atoms with Crippen molar-refractivity contribution in [3.05, 3.63) is 65.7 Å². The number of rotatable bonds is 8. The number of carbonyl (C=O) groups excluding carboxylic acids is 2. The molecule has 1 saturated carbocycles. The van der Waals surface area contributed by atoms with Crippen molar-refractivity contribution in [2.24, 2.45) is 0 Å². The molecule has 0 aliphatic heterocycles. The molecule has 1 atom stereocenters. The van der Waals surface area contributed by atoms with Gasteiger partial charge >= 0.3 is 0 Å². The molecule has 0 heterocycles. The van der Waals surface area contributed by atoms with Crippen molar-refractivity contribution in [2.75, 3.05) is 5.75 Å². The van der Waals surface area contributed by atoms with Crippen LogP contribution in [0, 0.1) is 6.92 Å². The molecule has 0 radical (unpaired) electrons. The Morgan fingerprint density at radius 2 is 1.70 bits per heavy atom. The summed E-state index contributed by atoms with van der Waals surface area (Å²) in [6, 6.07) is 17.7. The summed E-state index contributed by atoms with van der Waals surface area (Å²) in [5, 5.41) is 3.19. The molecule has 1 aliphatic carbocycles. The Morgan fingerprint density at radius 3 is 2.40 bits per heavy atom. The van der Waals surface area contributed by atoms with Gasteiger partial charge in [-0.3, -0.25) is 9.59 Å². The number of carbonyl (C=O) groups is 2. The van der Waals surface area contributed by atoms with E-state index in [1.54, 1.807) is 4.90 Å². The molecule has 2 aromatic carbocycles. The maximum atomic E-state index is 13.2. The SMILES string of the molecule is Cc1ccccc1CN(C(=O)CSc1ccccc1)[C@@H](C)C(=O)NC1CCCCC1. The van der Waals surface area contributed by atoms with Gasteiger partial charge in [0, 0.05) is 17.5 Å². The van der Waals surface area contributed by atoms with Crippen LogP contribution in [0.4, 0.5) is 0 Å². The summed E-state index contributed by atoms with van der Waals surface area (Å²) in [5.41, 5.74) is 2.21. The quantitative estimate of drug-likeness (QED) is 0.610. The average Bonchev–Trinajstić information content (AvgIpc) is 2.78. The Labute approximate surface area is 184 Å². The van der Waals surface area contributed by atoms with Crippen LogP contribution >= 0.6 is 11.8 Å². The fourth-order valence-corrected chi connectivity index (χ4v) is 4.67. The van der Waals surface area contributed by atoms with Gasteiger partial charge < -0.3 is 10.2 Å². The number of nitrogens with zero attached hydrogens (tertiary/aromatic N) is 1. The normalized spacial score (nSPS) is 15.4. The number of aryl methyl sites for hydroxylation is 1. The van der Waals surface area contributed by atoms with Crippen LogP contribution in [0.3, 0.4) is 0 Å². The van der Waals surface area contributed by atoms with E-state index in [9.17, 15) is 9.59 Å². The molecular weight excluding hydrogens is 392 g/mol. The maximum Gasteiger partial charge on any atom is 0.242 e. The van der Waals surface area contributed by atoms with Crippen molar-refractivity contribution in [3.63, 3.8) is 0 Å². The number of amides is 2. The molecule has 0 unspecified atom stereocenters. The first-order chi connectivity index (χ1) is 14.5. The topological polar surface area (TPSA) is 49.4 Å². The third-order valence-electron chi connectivity index (χ3n) is 5.83. The summed E-state index contributed by atoms with van der Waals surface area (Å²) in [4.78, 5) is 29.0. The second kappa shape index (κ2) is 11.2. The van der Waals surface area contributed by atoms with Gasteiger partial charge in [0.05, 0.1) is 5.75 Å². The largest absolute Gasteiger partial charge is 0.352 e. The Hall–Kier alpha value is -2.27. The summed E-state index contributed by atoms with van der Waals surface area (Å²) in [5.74, 6) is 0.253. The second-order valence-electron chi connectivity index (χ2n) is 8.07. The lowest BCUT2D eigenvalue weighted by Gasteiger charge is -2.31. The Bertz CT molecular complexity index is 834. The van der Waals surface area contributed by atoms with Gasteiger partial charge in [-0.25, -0.2) is 0 Å². The highest BCUT2D eigenvalue weighted by molar-refractivity contribution is 8.00. The summed E-state index contributed by atoms with van der Waals surface area (Å²) in [7, 11) is 0. The summed E-state index contributed by atoms with van der Waals surface area (Å²) >= 11 is 1.51. The van der Waals surface area contributed by atoms with Crippen LogP contribution in [0.1, 0.15) is 50.2 Å². The van der Waals surface area contributed by atoms with E-state index >= 15 is 0 Å². The molecule has 30 heavy (non-hydrogen) atoms. The molecule has 0 aromatic heterocycles. The van der Waals surface area contributed by atoms with Gasteiger partial charge in [0.15, 0.2) is 0 Å². The highest BCUT2D eigenvalue weighted by Crippen LogP contribution is 2.21. The van der Waals surface area contributed by atoms with E-state index in [0.717, 1.165) is 28.9 Å². The Morgan fingerprint density at radius 1 is 1.03 bits per heavy atom. The molecule has 0 saturated heterocycles. The molecular formula is C25H32N2O2S. The number of hydrogen-bond donors (Lipinski definition) is 1. The van der Waals surface area contributed by atoms with Crippen LogP contribution in [0.2, 0.25) is 0 Å². The molecule has 3 rings (SSSR count). The van der Waals surface area contributed by atoms with Gasteiger partial charge in [-0.15, -0.1) is 11.8 Å². The van der Waals surface area contributed by atoms with Crippen molar-refractivity contribution in [1.82, 2.24) is 10.2 Å². The molecule has 2 aromatic rings. The van der Waals surface area contributed by atoms with Crippen LogP contribution in [0.25, 0.3) is 0 Å². The monoisotopic (exact) mass is 424 g/mol. The predicted octanol–water partition coefficient (Wildman–Crippen LogP) is 4.95. The lowest BCUT2D eigenvalue weighted by atomic mass is 9.95. The van der Waals surface area contributed by atoms with Crippen LogP contribution in [-0.4, -0.2) is 34.6 Å². The van der Waals surface area contributed by atoms with E-state index in [0.29, 0.717) is 12.3 Å². The van der Waals surface area contributed by atoms with E-state index in [-0.39, 0.29) is 17.9 Å². The highest BCUT2D eigenvalue weighted by Gasteiger charge is 2.28. The van der Waals surface area contributed by atoms with Gasteiger partial charge in [-0.05, 0) is 49.9 Å². The third-order valence-corrected chi connectivity index (χ3v) is 6.82. The molecule has 1 N–H and O–H groups in total. The van der Waals surface area contributed by atoms with Gasteiger partial charge in [0.25, 0.3) is 0 Å². The molecule has 1 aliphatic rings. The standard InChI is InChI=1S/C25H32N2O2S/c1-19-11-9-10-12-21(19)17-27(24(28)18-30-23-15-7-4-8-16-23)20(2)25(29)26-22-13-5-3-6-14-22/h4,7-12,15-16,20,22H,3,5-6,13-14,17-18H2,1-2H3,(H,26,29)/t20-/m0/s1. The summed E-state index contributed by atoms with van der Waals surface area (Å²) in [6.07, 6.45) is 5.65. The predicted molar refractivity (Wildman–Crippen MR) is 123 cm³/mol. The zero-order valence-corrected chi connectivity index (χ0v) is 18.8. The van der Waals surface area contributed by atoms with Crippen molar-refractivity contribution in [3.8, 4) is 0 Å². The summed E-state index contributed by atoms with van der Waals surface area (Å²) < 4.78 is 0.